The van der Waals surface area contributed by atoms with Crippen LogP contribution in [0, 0.1) is 0 Å². The molecule has 112 valence electrons. The molecule has 1 saturated heterocycles. The van der Waals surface area contributed by atoms with Crippen molar-refractivity contribution in [3.63, 3.8) is 0 Å². The molecular weight excluding hydrogens is 238 g/mol. The SMILES string of the molecule is CCN1CCN([C@H](C)C(=O)N(C(C)C)C(C)C)CC1. The van der Waals surface area contributed by atoms with Crippen LogP contribution < -0.4 is 0 Å². The molecular formula is C15H31N3O. The summed E-state index contributed by atoms with van der Waals surface area (Å²) >= 11 is 0. The first kappa shape index (κ1) is 16.4. The van der Waals surface area contributed by atoms with Crippen LogP contribution in [-0.2, 0) is 4.79 Å². The smallest absolute Gasteiger partial charge is 0.240 e. The Bertz CT molecular complexity index is 275. The Hall–Kier alpha value is -0.610. The highest BCUT2D eigenvalue weighted by atomic mass is 16.2. The molecule has 0 radical (unpaired) electrons. The van der Waals surface area contributed by atoms with Crippen molar-refractivity contribution < 1.29 is 4.79 Å². The molecule has 1 rings (SSSR count). The van der Waals surface area contributed by atoms with Gasteiger partial charge in [-0.25, -0.2) is 0 Å². The van der Waals surface area contributed by atoms with Crippen molar-refractivity contribution in [2.24, 2.45) is 0 Å². The molecule has 1 fully saturated rings. The van der Waals surface area contributed by atoms with Gasteiger partial charge in [-0.15, -0.1) is 0 Å². The van der Waals surface area contributed by atoms with E-state index in [-0.39, 0.29) is 24.0 Å². The summed E-state index contributed by atoms with van der Waals surface area (Å²) in [6.07, 6.45) is 0. The van der Waals surface area contributed by atoms with Crippen LogP contribution in [0.15, 0.2) is 0 Å². The Morgan fingerprint density at radius 1 is 1.00 bits per heavy atom. The Balaban J connectivity index is 2.61. The quantitative estimate of drug-likeness (QED) is 0.759. The largest absolute Gasteiger partial charge is 0.336 e. The molecule has 0 N–H and O–H groups in total. The van der Waals surface area contributed by atoms with Crippen molar-refractivity contribution >= 4 is 5.91 Å². The van der Waals surface area contributed by atoms with Crippen LogP contribution in [0.5, 0.6) is 0 Å². The molecule has 1 aliphatic rings. The van der Waals surface area contributed by atoms with Crippen molar-refractivity contribution in [2.45, 2.75) is 59.7 Å². The monoisotopic (exact) mass is 269 g/mol. The average Bonchev–Trinajstić information content (AvgIpc) is 2.37. The van der Waals surface area contributed by atoms with Crippen LogP contribution in [-0.4, -0.2) is 71.5 Å². The van der Waals surface area contributed by atoms with Crippen LogP contribution in [0.2, 0.25) is 0 Å². The minimum absolute atomic E-state index is 0.00352. The number of likely N-dealkylation sites (N-methyl/N-ethyl adjacent to an activating group) is 1. The third-order valence-corrected chi connectivity index (χ3v) is 4.13. The Kier molecular flexibility index (Phi) is 6.27. The summed E-state index contributed by atoms with van der Waals surface area (Å²) in [6, 6.07) is 0.544. The van der Waals surface area contributed by atoms with Gasteiger partial charge in [0.25, 0.3) is 0 Å². The van der Waals surface area contributed by atoms with Gasteiger partial charge in [0, 0.05) is 38.3 Å². The van der Waals surface area contributed by atoms with Gasteiger partial charge in [0.15, 0.2) is 0 Å². The summed E-state index contributed by atoms with van der Waals surface area (Å²) in [6.45, 7) is 17.9. The van der Waals surface area contributed by atoms with Crippen LogP contribution in [0.1, 0.15) is 41.5 Å². The highest BCUT2D eigenvalue weighted by Crippen LogP contribution is 2.13. The second kappa shape index (κ2) is 7.25. The minimum atomic E-state index is 0.00352. The van der Waals surface area contributed by atoms with Gasteiger partial charge < -0.3 is 9.80 Å². The van der Waals surface area contributed by atoms with Gasteiger partial charge in [-0.05, 0) is 41.2 Å². The minimum Gasteiger partial charge on any atom is -0.336 e. The zero-order valence-corrected chi connectivity index (χ0v) is 13.5. The van der Waals surface area contributed by atoms with Crippen molar-refractivity contribution in [3.05, 3.63) is 0 Å². The van der Waals surface area contributed by atoms with Crippen molar-refractivity contribution in [1.82, 2.24) is 14.7 Å². The number of hydrogen-bond donors (Lipinski definition) is 0. The van der Waals surface area contributed by atoms with E-state index >= 15 is 0 Å². The number of hydrogen-bond acceptors (Lipinski definition) is 3. The van der Waals surface area contributed by atoms with Crippen molar-refractivity contribution in [3.8, 4) is 0 Å². The molecule has 1 atom stereocenters. The topological polar surface area (TPSA) is 26.8 Å². The third kappa shape index (κ3) is 4.18. The maximum absolute atomic E-state index is 12.6. The standard InChI is InChI=1S/C15H31N3O/c1-7-16-8-10-17(11-9-16)14(6)15(19)18(12(2)3)13(4)5/h12-14H,7-11H2,1-6H3/t14-/m1/s1. The van der Waals surface area contributed by atoms with Crippen LogP contribution in [0.3, 0.4) is 0 Å². The number of nitrogens with zero attached hydrogens (tertiary/aromatic N) is 3. The first-order valence-corrected chi connectivity index (χ1v) is 7.67. The van der Waals surface area contributed by atoms with Gasteiger partial charge in [0.1, 0.15) is 0 Å². The number of carbonyl (C=O) groups excluding carboxylic acids is 1. The summed E-state index contributed by atoms with van der Waals surface area (Å²) in [7, 11) is 0. The lowest BCUT2D eigenvalue weighted by molar-refractivity contribution is -0.140. The lowest BCUT2D eigenvalue weighted by Gasteiger charge is -2.40. The Morgan fingerprint density at radius 3 is 1.84 bits per heavy atom. The van der Waals surface area contributed by atoms with E-state index in [2.05, 4.69) is 51.3 Å². The van der Waals surface area contributed by atoms with E-state index in [0.717, 1.165) is 32.7 Å². The molecule has 0 unspecified atom stereocenters. The van der Waals surface area contributed by atoms with Crippen LogP contribution in [0.25, 0.3) is 0 Å². The van der Waals surface area contributed by atoms with Gasteiger partial charge in [-0.3, -0.25) is 9.69 Å². The zero-order valence-electron chi connectivity index (χ0n) is 13.5. The van der Waals surface area contributed by atoms with E-state index in [0.29, 0.717) is 0 Å². The normalized spacial score (nSPS) is 20.0. The predicted octanol–water partition coefficient (Wildman–Crippen LogP) is 1.66. The average molecular weight is 269 g/mol. The van der Waals surface area contributed by atoms with E-state index in [1.54, 1.807) is 0 Å². The van der Waals surface area contributed by atoms with Crippen LogP contribution >= 0.6 is 0 Å². The molecule has 1 heterocycles. The maximum atomic E-state index is 12.6. The molecule has 0 aromatic heterocycles. The summed E-state index contributed by atoms with van der Waals surface area (Å²) in [5.41, 5.74) is 0. The molecule has 0 aliphatic carbocycles. The molecule has 1 amide bonds. The Morgan fingerprint density at radius 2 is 1.47 bits per heavy atom. The third-order valence-electron chi connectivity index (χ3n) is 4.13. The summed E-state index contributed by atoms with van der Waals surface area (Å²) in [5.74, 6) is 0.273. The fraction of sp³-hybridized carbons (Fsp3) is 0.933. The summed E-state index contributed by atoms with van der Waals surface area (Å²) < 4.78 is 0. The lowest BCUT2D eigenvalue weighted by atomic mass is 10.1. The molecule has 0 saturated carbocycles. The first-order chi connectivity index (χ1) is 8.88. The fourth-order valence-corrected chi connectivity index (χ4v) is 2.94. The lowest BCUT2D eigenvalue weighted by Crippen LogP contribution is -2.56. The summed E-state index contributed by atoms with van der Waals surface area (Å²) in [5, 5.41) is 0. The van der Waals surface area contributed by atoms with Gasteiger partial charge >= 0.3 is 0 Å². The van der Waals surface area contributed by atoms with Gasteiger partial charge in [0.05, 0.1) is 6.04 Å². The molecule has 0 aromatic carbocycles. The number of amides is 1. The highest BCUT2D eigenvalue weighted by molar-refractivity contribution is 5.82. The molecule has 0 aromatic rings. The Labute approximate surface area is 118 Å². The molecule has 0 bridgehead atoms. The highest BCUT2D eigenvalue weighted by Gasteiger charge is 2.30. The zero-order chi connectivity index (χ0) is 14.6. The van der Waals surface area contributed by atoms with E-state index in [1.807, 2.05) is 4.90 Å². The molecule has 19 heavy (non-hydrogen) atoms. The maximum Gasteiger partial charge on any atom is 0.240 e. The second-order valence-electron chi connectivity index (χ2n) is 6.08. The first-order valence-electron chi connectivity index (χ1n) is 7.67. The van der Waals surface area contributed by atoms with Crippen molar-refractivity contribution in [1.29, 1.82) is 0 Å². The molecule has 4 nitrogen and oxygen atoms in total. The van der Waals surface area contributed by atoms with Gasteiger partial charge in [-0.2, -0.15) is 0 Å². The fourth-order valence-electron chi connectivity index (χ4n) is 2.94. The van der Waals surface area contributed by atoms with Gasteiger partial charge in [0.2, 0.25) is 5.91 Å². The molecule has 0 spiro atoms. The van der Waals surface area contributed by atoms with Crippen LogP contribution in [0.4, 0.5) is 0 Å². The van der Waals surface area contributed by atoms with E-state index in [1.165, 1.54) is 0 Å². The van der Waals surface area contributed by atoms with E-state index < -0.39 is 0 Å². The van der Waals surface area contributed by atoms with Gasteiger partial charge in [-0.1, -0.05) is 6.92 Å². The van der Waals surface area contributed by atoms with Crippen molar-refractivity contribution in [2.75, 3.05) is 32.7 Å². The number of rotatable bonds is 5. The molecule has 4 heteroatoms. The second-order valence-corrected chi connectivity index (χ2v) is 6.08. The molecule has 1 aliphatic heterocycles. The van der Waals surface area contributed by atoms with E-state index in [4.69, 9.17) is 0 Å². The summed E-state index contributed by atoms with van der Waals surface area (Å²) in [4.78, 5) is 19.4. The predicted molar refractivity (Wildman–Crippen MR) is 80.3 cm³/mol. The van der Waals surface area contributed by atoms with E-state index in [9.17, 15) is 4.79 Å². The number of carbonyl (C=O) groups is 1. The number of piperazine rings is 1.